The maximum absolute atomic E-state index is 12.9. The first kappa shape index (κ1) is 33.3. The summed E-state index contributed by atoms with van der Waals surface area (Å²) in [5, 5.41) is 8.03. The van der Waals surface area contributed by atoms with E-state index < -0.39 is 55.3 Å². The Balaban J connectivity index is 1.44. The van der Waals surface area contributed by atoms with Crippen LogP contribution in [0, 0.1) is 5.92 Å². The van der Waals surface area contributed by atoms with Gasteiger partial charge in [-0.2, -0.15) is 18.2 Å². The highest BCUT2D eigenvalue weighted by Gasteiger charge is 2.32. The number of alkyl halides is 3. The highest BCUT2D eigenvalue weighted by molar-refractivity contribution is 7.91. The summed E-state index contributed by atoms with van der Waals surface area (Å²) in [5.41, 5.74) is 0.122. The van der Waals surface area contributed by atoms with E-state index >= 15 is 0 Å². The number of nitrogens with one attached hydrogen (secondary N) is 1. The number of hydrogen-bond donors (Lipinski definition) is 3. The van der Waals surface area contributed by atoms with Crippen molar-refractivity contribution in [3.05, 3.63) is 6.20 Å². The van der Waals surface area contributed by atoms with E-state index in [-0.39, 0.29) is 35.4 Å². The van der Waals surface area contributed by atoms with Crippen molar-refractivity contribution in [2.45, 2.75) is 57.3 Å². The summed E-state index contributed by atoms with van der Waals surface area (Å²) in [4.78, 5) is 41.3. The van der Waals surface area contributed by atoms with Crippen molar-refractivity contribution < 1.29 is 54.7 Å². The Bertz CT molecular complexity index is 1430. The first-order valence-electron chi connectivity index (χ1n) is 13.6. The molecule has 15 nitrogen and oxygen atoms in total. The maximum atomic E-state index is 12.9. The number of hydrogen-bond acceptors (Lipinski definition) is 12. The van der Waals surface area contributed by atoms with Crippen LogP contribution >= 0.6 is 7.82 Å². The van der Waals surface area contributed by atoms with E-state index in [0.29, 0.717) is 56.6 Å². The minimum atomic E-state index is -4.74. The summed E-state index contributed by atoms with van der Waals surface area (Å²) in [7, 11) is -8.57. The third-order valence-corrected chi connectivity index (χ3v) is 9.38. The number of carbonyl (C=O) groups excluding carboxylic acids is 1. The summed E-state index contributed by atoms with van der Waals surface area (Å²) in [6.45, 7) is 2.32. The van der Waals surface area contributed by atoms with Gasteiger partial charge in [-0.15, -0.1) is 9.78 Å². The summed E-state index contributed by atoms with van der Waals surface area (Å²) in [6, 6.07) is -0.140. The molecule has 43 heavy (non-hydrogen) atoms. The molecule has 1 saturated carbocycles. The van der Waals surface area contributed by atoms with Crippen LogP contribution in [0.3, 0.4) is 0 Å². The van der Waals surface area contributed by atoms with Gasteiger partial charge < -0.3 is 29.5 Å². The number of phosphoric acid groups is 1. The average Bonchev–Trinajstić information content (AvgIpc) is 3.29. The van der Waals surface area contributed by atoms with Gasteiger partial charge in [0, 0.05) is 25.3 Å². The van der Waals surface area contributed by atoms with Crippen LogP contribution in [0.4, 0.5) is 29.7 Å². The number of phosphoric ester groups is 1. The number of sulfone groups is 1. The molecule has 0 unspecified atom stereocenters. The third kappa shape index (κ3) is 9.97. The highest BCUT2D eigenvalue weighted by atomic mass is 32.2. The van der Waals surface area contributed by atoms with Gasteiger partial charge in [0.2, 0.25) is 5.95 Å². The lowest BCUT2D eigenvalue weighted by atomic mass is 9.87. The molecule has 1 saturated heterocycles. The predicted octanol–water partition coefficient (Wildman–Crippen LogP) is 2.48. The monoisotopic (exact) mass is 658 g/mol. The Kier molecular flexibility index (Phi) is 10.5. The van der Waals surface area contributed by atoms with Crippen LogP contribution < -0.4 is 10.2 Å². The fourth-order valence-electron chi connectivity index (χ4n) is 5.05. The van der Waals surface area contributed by atoms with Gasteiger partial charge in [-0.05, 0) is 38.5 Å². The van der Waals surface area contributed by atoms with E-state index in [1.807, 2.05) is 11.8 Å². The summed E-state index contributed by atoms with van der Waals surface area (Å²) >= 11 is 0. The number of fused-ring (bicyclic) bond motifs is 1. The fraction of sp³-hybridized carbons (Fsp3) is 0.739. The zero-order valence-corrected chi connectivity index (χ0v) is 25.0. The molecule has 1 atom stereocenters. The van der Waals surface area contributed by atoms with Crippen LogP contribution in [0.2, 0.25) is 0 Å². The Hall–Kier alpha value is -2.57. The standard InChI is InChI=1S/C23H34F3N6O9PS/c1-15-13-31(7-8-39-15)20-18-12-27-21(29-19(18)32(30-20)22(33)40-9-10-41-42(34,35)36)28-17-4-2-16(3-5-17)14-43(37,38)11-6-23(24,25)26/h12,15-17H,2-11,13-14H2,1H3,(H,27,28,29)(H2,34,35,36)/t15-,16?,17?/m0/s1. The number of rotatable bonds is 11. The Morgan fingerprint density at radius 3 is 2.60 bits per heavy atom. The normalized spacial score (nSPS) is 22.1. The number of ether oxygens (including phenoxy) is 2. The predicted molar refractivity (Wildman–Crippen MR) is 146 cm³/mol. The maximum Gasteiger partial charge on any atom is 0.469 e. The van der Waals surface area contributed by atoms with Gasteiger partial charge in [0.05, 0.1) is 42.6 Å². The quantitative estimate of drug-likeness (QED) is 0.235. The first-order valence-corrected chi connectivity index (χ1v) is 17.0. The van der Waals surface area contributed by atoms with Crippen LogP contribution in [0.5, 0.6) is 0 Å². The second-order valence-corrected chi connectivity index (χ2v) is 14.0. The van der Waals surface area contributed by atoms with Crippen LogP contribution in [-0.4, -0.2) is 107 Å². The minimum Gasteiger partial charge on any atom is -0.445 e. The number of aromatic nitrogens is 4. The molecule has 2 aliphatic rings. The lowest BCUT2D eigenvalue weighted by Crippen LogP contribution is -2.41. The first-order chi connectivity index (χ1) is 20.1. The van der Waals surface area contributed by atoms with Crippen molar-refractivity contribution in [2.75, 3.05) is 54.6 Å². The molecule has 3 heterocycles. The number of nitrogens with zero attached hydrogens (tertiary/aromatic N) is 5. The second kappa shape index (κ2) is 13.6. The lowest BCUT2D eigenvalue weighted by molar-refractivity contribution is -0.129. The molecule has 2 fully saturated rings. The van der Waals surface area contributed by atoms with Gasteiger partial charge in [-0.3, -0.25) is 4.52 Å². The van der Waals surface area contributed by atoms with Gasteiger partial charge in [0.15, 0.2) is 21.3 Å². The molecular formula is C23H34F3N6O9PS. The zero-order valence-electron chi connectivity index (χ0n) is 23.3. The van der Waals surface area contributed by atoms with E-state index in [4.69, 9.17) is 19.3 Å². The molecule has 2 aromatic rings. The molecule has 0 radical (unpaired) electrons. The van der Waals surface area contributed by atoms with Gasteiger partial charge in [-0.25, -0.2) is 22.8 Å². The zero-order chi connectivity index (χ0) is 31.4. The second-order valence-electron chi connectivity index (χ2n) is 10.6. The molecule has 4 rings (SSSR count). The van der Waals surface area contributed by atoms with Crippen molar-refractivity contribution in [1.82, 2.24) is 19.7 Å². The molecule has 2 aromatic heterocycles. The van der Waals surface area contributed by atoms with Crippen LogP contribution in [0.25, 0.3) is 11.0 Å². The Morgan fingerprint density at radius 1 is 1.23 bits per heavy atom. The van der Waals surface area contributed by atoms with Crippen molar-refractivity contribution >= 4 is 46.6 Å². The largest absolute Gasteiger partial charge is 0.469 e. The average molecular weight is 659 g/mol. The molecule has 3 N–H and O–H groups in total. The minimum absolute atomic E-state index is 0.0951. The molecule has 242 valence electrons. The van der Waals surface area contributed by atoms with Gasteiger partial charge in [-0.1, -0.05) is 0 Å². The Morgan fingerprint density at radius 2 is 1.95 bits per heavy atom. The molecule has 20 heteroatoms. The molecule has 0 amide bonds. The van der Waals surface area contributed by atoms with Crippen molar-refractivity contribution in [3.63, 3.8) is 0 Å². The number of morpholine rings is 1. The molecular weight excluding hydrogens is 624 g/mol. The van der Waals surface area contributed by atoms with Crippen molar-refractivity contribution in [3.8, 4) is 0 Å². The smallest absolute Gasteiger partial charge is 0.445 e. The molecule has 1 aliphatic carbocycles. The summed E-state index contributed by atoms with van der Waals surface area (Å²) in [5.74, 6) is -0.853. The third-order valence-electron chi connectivity index (χ3n) is 7.05. The number of carbonyl (C=O) groups is 1. The van der Waals surface area contributed by atoms with Crippen LogP contribution in [-0.2, 0) is 28.4 Å². The van der Waals surface area contributed by atoms with Gasteiger partial charge in [0.25, 0.3) is 0 Å². The summed E-state index contributed by atoms with van der Waals surface area (Å²) in [6.07, 6.45) is -3.36. The molecule has 0 bridgehead atoms. The van der Waals surface area contributed by atoms with Gasteiger partial charge >= 0.3 is 20.1 Å². The number of anilines is 2. The Labute approximate surface area is 245 Å². The van der Waals surface area contributed by atoms with E-state index in [0.717, 1.165) is 4.68 Å². The number of halogens is 3. The SMILES string of the molecule is C[C@H]1CN(c2nn(C(=O)OCCOP(=O)(O)O)c3nc(NC4CCC(CS(=O)(=O)CCC(F)(F)F)CC4)ncc23)CCO1. The molecule has 0 spiro atoms. The van der Waals surface area contributed by atoms with E-state index in [9.17, 15) is 30.9 Å². The highest BCUT2D eigenvalue weighted by Crippen LogP contribution is 2.35. The van der Waals surface area contributed by atoms with Crippen LogP contribution in [0.15, 0.2) is 6.20 Å². The fourth-order valence-corrected chi connectivity index (χ4v) is 7.12. The van der Waals surface area contributed by atoms with Crippen molar-refractivity contribution in [2.24, 2.45) is 5.92 Å². The van der Waals surface area contributed by atoms with Crippen LogP contribution in [0.1, 0.15) is 39.0 Å². The van der Waals surface area contributed by atoms with E-state index in [1.54, 1.807) is 0 Å². The molecule has 1 aliphatic heterocycles. The topological polar surface area (TPSA) is 195 Å². The summed E-state index contributed by atoms with van der Waals surface area (Å²) < 4.78 is 88.5. The van der Waals surface area contributed by atoms with E-state index in [2.05, 4.69) is 24.9 Å². The van der Waals surface area contributed by atoms with Gasteiger partial charge in [0.1, 0.15) is 6.61 Å². The van der Waals surface area contributed by atoms with Crippen molar-refractivity contribution in [1.29, 1.82) is 0 Å². The lowest BCUT2D eigenvalue weighted by Gasteiger charge is -2.31. The van der Waals surface area contributed by atoms with E-state index in [1.165, 1.54) is 6.20 Å². The molecule has 0 aromatic carbocycles.